The summed E-state index contributed by atoms with van der Waals surface area (Å²) in [6, 6.07) is 7.66. The maximum atomic E-state index is 13.6. The van der Waals surface area contributed by atoms with Crippen molar-refractivity contribution in [1.82, 2.24) is 30.7 Å². The summed E-state index contributed by atoms with van der Waals surface area (Å²) in [5, 5.41) is 40.7. The van der Waals surface area contributed by atoms with E-state index >= 15 is 0 Å². The van der Waals surface area contributed by atoms with Crippen LogP contribution in [0.3, 0.4) is 0 Å². The van der Waals surface area contributed by atoms with Gasteiger partial charge in [0.2, 0.25) is 11.3 Å². The molecule has 0 aliphatic carbocycles. The number of hydrogen-bond acceptors (Lipinski definition) is 12. The Labute approximate surface area is 260 Å². The second-order valence-corrected chi connectivity index (χ2v) is 11.9. The highest BCUT2D eigenvalue weighted by atomic mass is 32.2. The molecule has 6 N–H and O–H groups in total. The highest BCUT2D eigenvalue weighted by molar-refractivity contribution is 8.01. The van der Waals surface area contributed by atoms with Gasteiger partial charge in [0.25, 0.3) is 11.8 Å². The summed E-state index contributed by atoms with van der Waals surface area (Å²) in [6.07, 6.45) is 2.20. The van der Waals surface area contributed by atoms with Gasteiger partial charge in [0.05, 0.1) is 5.39 Å². The van der Waals surface area contributed by atoms with Gasteiger partial charge in [-0.05, 0) is 17.2 Å². The molecular formula is C28H22N6O9S2. The molecule has 0 bridgehead atoms. The quantitative estimate of drug-likeness (QED) is 0.0854. The number of fused-ring (bicyclic) bond motifs is 2. The van der Waals surface area contributed by atoms with E-state index in [1.807, 2.05) is 0 Å². The van der Waals surface area contributed by atoms with Gasteiger partial charge in [-0.25, -0.2) is 9.78 Å². The van der Waals surface area contributed by atoms with Gasteiger partial charge in [0.15, 0.2) is 16.7 Å². The Balaban J connectivity index is 1.22. The molecule has 3 atom stereocenters. The van der Waals surface area contributed by atoms with Crippen molar-refractivity contribution in [3.05, 3.63) is 87.7 Å². The molecule has 1 fully saturated rings. The highest BCUT2D eigenvalue weighted by Gasteiger charge is 2.54. The van der Waals surface area contributed by atoms with Gasteiger partial charge in [0, 0.05) is 17.6 Å². The number of aromatic amines is 1. The SMILES string of the molecule is O=C(O)C1=C(CSc2ncn[nH]2)CS[C@H]2[C@H](NC(=O)C(NC(=O)c3coc4cc(O)c(O)cc4c3=O)c3ccccc3)C(=O)N12. The van der Waals surface area contributed by atoms with Crippen molar-refractivity contribution in [1.29, 1.82) is 0 Å². The summed E-state index contributed by atoms with van der Waals surface area (Å²) in [7, 11) is 0. The van der Waals surface area contributed by atoms with E-state index in [9.17, 15) is 39.3 Å². The lowest BCUT2D eigenvalue weighted by atomic mass is 10.0. The number of phenols is 2. The first-order chi connectivity index (χ1) is 21.6. The smallest absolute Gasteiger partial charge is 0.352 e. The Kier molecular flexibility index (Phi) is 7.94. The maximum absolute atomic E-state index is 13.6. The molecule has 3 amide bonds. The number of amides is 3. The summed E-state index contributed by atoms with van der Waals surface area (Å²) in [5.41, 5.74) is -0.662. The number of β-lactam (4-membered cyclic amide) rings is 1. The maximum Gasteiger partial charge on any atom is 0.352 e. The molecule has 0 spiro atoms. The Morgan fingerprint density at radius 1 is 1.16 bits per heavy atom. The van der Waals surface area contributed by atoms with Crippen LogP contribution in [0.1, 0.15) is 22.0 Å². The van der Waals surface area contributed by atoms with E-state index in [0.717, 1.165) is 23.3 Å². The van der Waals surface area contributed by atoms with Crippen LogP contribution >= 0.6 is 23.5 Å². The number of H-pyrrole nitrogens is 1. The predicted octanol–water partition coefficient (Wildman–Crippen LogP) is 1.32. The van der Waals surface area contributed by atoms with E-state index < -0.39 is 63.6 Å². The van der Waals surface area contributed by atoms with E-state index in [0.29, 0.717) is 16.3 Å². The lowest BCUT2D eigenvalue weighted by Crippen LogP contribution is -2.71. The van der Waals surface area contributed by atoms with Gasteiger partial charge in [-0.15, -0.1) is 11.8 Å². The fourth-order valence-electron chi connectivity index (χ4n) is 4.92. The van der Waals surface area contributed by atoms with E-state index in [1.165, 1.54) is 29.9 Å². The molecule has 1 saturated heterocycles. The number of carbonyl (C=O) groups excluding carboxylic acids is 3. The average molecular weight is 651 g/mol. The summed E-state index contributed by atoms with van der Waals surface area (Å²) in [6.45, 7) is 0. The molecule has 0 radical (unpaired) electrons. The van der Waals surface area contributed by atoms with Crippen molar-refractivity contribution in [2.24, 2.45) is 0 Å². The van der Waals surface area contributed by atoms with Gasteiger partial charge >= 0.3 is 5.97 Å². The minimum Gasteiger partial charge on any atom is -0.504 e. The van der Waals surface area contributed by atoms with Crippen LogP contribution in [0.2, 0.25) is 0 Å². The molecule has 4 aromatic rings. The van der Waals surface area contributed by atoms with Crippen LogP contribution in [0.5, 0.6) is 11.5 Å². The van der Waals surface area contributed by atoms with Crippen molar-refractivity contribution >= 4 is 58.2 Å². The van der Waals surface area contributed by atoms with Gasteiger partial charge in [-0.2, -0.15) is 5.10 Å². The first-order valence-corrected chi connectivity index (χ1v) is 15.2. The number of carbonyl (C=O) groups is 4. The van der Waals surface area contributed by atoms with Gasteiger partial charge in [0.1, 0.15) is 46.9 Å². The molecule has 15 nitrogen and oxygen atoms in total. The normalized spacial score (nSPS) is 18.2. The van der Waals surface area contributed by atoms with Crippen LogP contribution in [-0.4, -0.2) is 82.0 Å². The number of thioether (sulfide) groups is 2. The Morgan fingerprint density at radius 2 is 1.91 bits per heavy atom. The van der Waals surface area contributed by atoms with Gasteiger partial charge in [-0.3, -0.25) is 29.2 Å². The number of nitrogens with one attached hydrogen (secondary N) is 3. The third kappa shape index (κ3) is 5.58. The number of rotatable bonds is 9. The molecule has 2 aromatic heterocycles. The summed E-state index contributed by atoms with van der Waals surface area (Å²) in [4.78, 5) is 70.5. The minimum absolute atomic E-state index is 0.0725. The zero-order valence-corrected chi connectivity index (χ0v) is 24.4. The lowest BCUT2D eigenvalue weighted by molar-refractivity contribution is -0.151. The summed E-state index contributed by atoms with van der Waals surface area (Å²) >= 11 is 2.53. The number of aromatic hydroxyl groups is 2. The molecule has 1 unspecified atom stereocenters. The van der Waals surface area contributed by atoms with Crippen LogP contribution < -0.4 is 16.1 Å². The molecule has 2 aliphatic rings. The van der Waals surface area contributed by atoms with Crippen LogP contribution in [0.4, 0.5) is 0 Å². The molecule has 2 aromatic carbocycles. The molecular weight excluding hydrogens is 628 g/mol. The van der Waals surface area contributed by atoms with E-state index in [-0.39, 0.29) is 28.2 Å². The molecule has 17 heteroatoms. The third-order valence-corrected chi connectivity index (χ3v) is 9.41. The molecule has 4 heterocycles. The van der Waals surface area contributed by atoms with Crippen LogP contribution in [0.25, 0.3) is 11.0 Å². The zero-order valence-electron chi connectivity index (χ0n) is 22.8. The number of benzene rings is 2. The Morgan fingerprint density at radius 3 is 2.62 bits per heavy atom. The Bertz CT molecular complexity index is 1930. The summed E-state index contributed by atoms with van der Waals surface area (Å²) < 4.78 is 5.32. The van der Waals surface area contributed by atoms with E-state index in [1.54, 1.807) is 30.3 Å². The third-order valence-electron chi connectivity index (χ3n) is 7.11. The van der Waals surface area contributed by atoms with E-state index in [4.69, 9.17) is 4.42 Å². The number of carboxylic acids is 1. The fraction of sp³-hybridized carbons (Fsp3) is 0.179. The van der Waals surface area contributed by atoms with Crippen molar-refractivity contribution in [3.63, 3.8) is 0 Å². The largest absolute Gasteiger partial charge is 0.504 e. The van der Waals surface area contributed by atoms with Crippen molar-refractivity contribution in [2.45, 2.75) is 22.6 Å². The van der Waals surface area contributed by atoms with Crippen LogP contribution in [0, 0.1) is 0 Å². The Hall–Kier alpha value is -5.29. The second kappa shape index (κ2) is 12.0. The minimum atomic E-state index is -1.36. The lowest BCUT2D eigenvalue weighted by Gasteiger charge is -2.49. The monoisotopic (exact) mass is 650 g/mol. The average Bonchev–Trinajstić information content (AvgIpc) is 3.56. The van der Waals surface area contributed by atoms with Crippen LogP contribution in [0.15, 0.2) is 80.7 Å². The van der Waals surface area contributed by atoms with Gasteiger partial charge in [-0.1, -0.05) is 42.1 Å². The van der Waals surface area contributed by atoms with Gasteiger partial charge < -0.3 is 30.4 Å². The number of aliphatic carboxylic acids is 1. The molecule has 2 aliphatic heterocycles. The first-order valence-electron chi connectivity index (χ1n) is 13.2. The van der Waals surface area contributed by atoms with Crippen molar-refractivity contribution < 1.29 is 38.9 Å². The second-order valence-electron chi connectivity index (χ2n) is 9.87. The molecule has 6 rings (SSSR count). The molecule has 230 valence electrons. The molecule has 0 saturated carbocycles. The van der Waals surface area contributed by atoms with Crippen LogP contribution in [-0.2, 0) is 14.4 Å². The van der Waals surface area contributed by atoms with Crippen molar-refractivity contribution in [3.8, 4) is 11.5 Å². The number of phenolic OH excluding ortho intramolecular Hbond substituents is 2. The zero-order chi connectivity index (χ0) is 31.8. The number of aromatic nitrogens is 3. The number of nitrogens with zero attached hydrogens (tertiary/aromatic N) is 3. The number of hydrogen-bond donors (Lipinski definition) is 6. The first kappa shape index (κ1) is 29.8. The summed E-state index contributed by atoms with van der Waals surface area (Å²) in [5.74, 6) is -4.22. The predicted molar refractivity (Wildman–Crippen MR) is 159 cm³/mol. The fourth-order valence-corrected chi connectivity index (χ4v) is 7.18. The standard InChI is InChI=1S/C28H22N6O9S2/c35-16-6-14-18(7-17(16)36)43-8-15(22(14)37)23(38)31-19(12-4-2-1-3-5-12)24(39)32-20-25(40)34-21(27(41)42)13(9-44-26(20)34)10-45-28-29-11-30-33-28/h1-8,11,19-20,26,35-36H,9-10H2,(H,31,38)(H,32,39)(H,41,42)(H,29,30,33)/t19?,20-,26+/m1/s1. The van der Waals surface area contributed by atoms with E-state index in [2.05, 4.69) is 25.8 Å². The number of carboxylic acid groups (broad SMARTS) is 1. The highest BCUT2D eigenvalue weighted by Crippen LogP contribution is 2.41. The topological polar surface area (TPSA) is 228 Å². The molecule has 45 heavy (non-hydrogen) atoms. The van der Waals surface area contributed by atoms with Crippen molar-refractivity contribution in [2.75, 3.05) is 11.5 Å².